The van der Waals surface area contributed by atoms with Gasteiger partial charge in [-0.3, -0.25) is 4.79 Å². The topological polar surface area (TPSA) is 26.3 Å². The molecule has 0 aromatic heterocycles. The van der Waals surface area contributed by atoms with Crippen LogP contribution in [0.2, 0.25) is 0 Å². The number of carbonyl (C=O) groups is 1. The SMILES string of the molecule is CCOC(=O)C1(c2cc(F)ccc2F)CC1. The highest BCUT2D eigenvalue weighted by Gasteiger charge is 2.54. The predicted molar refractivity (Wildman–Crippen MR) is 53.9 cm³/mol. The second-order valence-electron chi connectivity index (χ2n) is 3.93. The van der Waals surface area contributed by atoms with E-state index < -0.39 is 23.0 Å². The molecule has 86 valence electrons. The Hall–Kier alpha value is -1.45. The summed E-state index contributed by atoms with van der Waals surface area (Å²) in [6.45, 7) is 1.94. The van der Waals surface area contributed by atoms with Gasteiger partial charge >= 0.3 is 5.97 Å². The van der Waals surface area contributed by atoms with E-state index >= 15 is 0 Å². The average Bonchev–Trinajstić information content (AvgIpc) is 3.03. The summed E-state index contributed by atoms with van der Waals surface area (Å²) in [5.41, 5.74) is -0.826. The molecule has 0 bridgehead atoms. The Labute approximate surface area is 92.2 Å². The Morgan fingerprint density at radius 2 is 2.12 bits per heavy atom. The minimum Gasteiger partial charge on any atom is -0.465 e. The van der Waals surface area contributed by atoms with Gasteiger partial charge in [0.25, 0.3) is 0 Å². The fourth-order valence-corrected chi connectivity index (χ4v) is 1.84. The molecule has 4 heteroatoms. The van der Waals surface area contributed by atoms with Crippen LogP contribution < -0.4 is 0 Å². The summed E-state index contributed by atoms with van der Waals surface area (Å²) in [7, 11) is 0. The smallest absolute Gasteiger partial charge is 0.316 e. The molecule has 2 rings (SSSR count). The molecule has 0 heterocycles. The third-order valence-electron chi connectivity index (χ3n) is 2.86. The molecular formula is C12H12F2O2. The van der Waals surface area contributed by atoms with Gasteiger partial charge in [-0.1, -0.05) is 0 Å². The minimum atomic E-state index is -0.942. The van der Waals surface area contributed by atoms with Gasteiger partial charge in [0.15, 0.2) is 0 Å². The summed E-state index contributed by atoms with van der Waals surface area (Å²) in [5, 5.41) is 0. The number of hydrogen-bond donors (Lipinski definition) is 0. The molecule has 1 aromatic carbocycles. The normalized spacial score (nSPS) is 16.9. The van der Waals surface area contributed by atoms with E-state index in [1.54, 1.807) is 6.92 Å². The highest BCUT2D eigenvalue weighted by atomic mass is 19.1. The van der Waals surface area contributed by atoms with Crippen molar-refractivity contribution in [3.05, 3.63) is 35.4 Å². The molecule has 0 N–H and O–H groups in total. The zero-order valence-electron chi connectivity index (χ0n) is 8.93. The molecule has 0 unspecified atom stereocenters. The molecule has 0 atom stereocenters. The van der Waals surface area contributed by atoms with Gasteiger partial charge in [-0.15, -0.1) is 0 Å². The number of ether oxygens (including phenoxy) is 1. The van der Waals surface area contributed by atoms with Gasteiger partial charge in [-0.05, 0) is 38.0 Å². The van der Waals surface area contributed by atoms with Crippen LogP contribution in [0.3, 0.4) is 0 Å². The van der Waals surface area contributed by atoms with Gasteiger partial charge < -0.3 is 4.74 Å². The third-order valence-corrected chi connectivity index (χ3v) is 2.86. The molecular weight excluding hydrogens is 214 g/mol. The second kappa shape index (κ2) is 3.85. The molecule has 16 heavy (non-hydrogen) atoms. The second-order valence-corrected chi connectivity index (χ2v) is 3.93. The Morgan fingerprint density at radius 1 is 1.44 bits per heavy atom. The van der Waals surface area contributed by atoms with Crippen molar-refractivity contribution in [1.29, 1.82) is 0 Å². The Kier molecular flexibility index (Phi) is 2.66. The highest BCUT2D eigenvalue weighted by Crippen LogP contribution is 2.50. The number of hydrogen-bond acceptors (Lipinski definition) is 2. The first kappa shape index (κ1) is 11.0. The van der Waals surface area contributed by atoms with Crippen molar-refractivity contribution < 1.29 is 18.3 Å². The predicted octanol–water partition coefficient (Wildman–Crippen LogP) is 2.56. The van der Waals surface area contributed by atoms with Gasteiger partial charge in [-0.2, -0.15) is 0 Å². The summed E-state index contributed by atoms with van der Waals surface area (Å²) in [6.07, 6.45) is 1.04. The molecule has 1 fully saturated rings. The molecule has 0 saturated heterocycles. The number of esters is 1. The van der Waals surface area contributed by atoms with E-state index in [-0.39, 0.29) is 12.2 Å². The van der Waals surface area contributed by atoms with E-state index in [9.17, 15) is 13.6 Å². The van der Waals surface area contributed by atoms with E-state index in [1.807, 2.05) is 0 Å². The van der Waals surface area contributed by atoms with E-state index in [0.717, 1.165) is 18.2 Å². The lowest BCUT2D eigenvalue weighted by atomic mass is 9.95. The molecule has 1 saturated carbocycles. The summed E-state index contributed by atoms with van der Waals surface area (Å²) in [5.74, 6) is -1.54. The van der Waals surface area contributed by atoms with Crippen molar-refractivity contribution in [2.24, 2.45) is 0 Å². The highest BCUT2D eigenvalue weighted by molar-refractivity contribution is 5.86. The Morgan fingerprint density at radius 3 is 2.69 bits per heavy atom. The Balaban J connectivity index is 2.36. The van der Waals surface area contributed by atoms with Crippen LogP contribution in [0.5, 0.6) is 0 Å². The zero-order valence-corrected chi connectivity index (χ0v) is 8.93. The van der Waals surface area contributed by atoms with Crippen LogP contribution in [-0.2, 0) is 14.9 Å². The van der Waals surface area contributed by atoms with Gasteiger partial charge in [0.1, 0.15) is 11.6 Å². The number of rotatable bonds is 3. The Bertz CT molecular complexity index is 425. The maximum atomic E-state index is 13.5. The van der Waals surface area contributed by atoms with E-state index in [0.29, 0.717) is 12.8 Å². The quantitative estimate of drug-likeness (QED) is 0.740. The van der Waals surface area contributed by atoms with Crippen molar-refractivity contribution >= 4 is 5.97 Å². The van der Waals surface area contributed by atoms with Crippen LogP contribution in [0.25, 0.3) is 0 Å². The van der Waals surface area contributed by atoms with Crippen LogP contribution in [-0.4, -0.2) is 12.6 Å². The molecule has 0 amide bonds. The fourth-order valence-electron chi connectivity index (χ4n) is 1.84. The molecule has 1 aromatic rings. The number of benzene rings is 1. The van der Waals surface area contributed by atoms with E-state index in [2.05, 4.69) is 0 Å². The van der Waals surface area contributed by atoms with Gasteiger partial charge in [0, 0.05) is 5.56 Å². The summed E-state index contributed by atoms with van der Waals surface area (Å²) < 4.78 is 31.5. The lowest BCUT2D eigenvalue weighted by Gasteiger charge is -2.14. The third kappa shape index (κ3) is 1.68. The van der Waals surface area contributed by atoms with Crippen molar-refractivity contribution in [3.63, 3.8) is 0 Å². The van der Waals surface area contributed by atoms with Crippen molar-refractivity contribution in [1.82, 2.24) is 0 Å². The van der Waals surface area contributed by atoms with Gasteiger partial charge in [0.2, 0.25) is 0 Å². The van der Waals surface area contributed by atoms with Crippen LogP contribution in [0.4, 0.5) is 8.78 Å². The van der Waals surface area contributed by atoms with Crippen LogP contribution in [0, 0.1) is 11.6 Å². The standard InChI is InChI=1S/C12H12F2O2/c1-2-16-11(15)12(5-6-12)9-7-8(13)3-4-10(9)14/h3-4,7H,2,5-6H2,1H3. The lowest BCUT2D eigenvalue weighted by molar-refractivity contribution is -0.146. The molecule has 2 nitrogen and oxygen atoms in total. The van der Waals surface area contributed by atoms with Crippen molar-refractivity contribution in [2.75, 3.05) is 6.61 Å². The summed E-state index contributed by atoms with van der Waals surface area (Å²) in [6, 6.07) is 3.17. The summed E-state index contributed by atoms with van der Waals surface area (Å²) >= 11 is 0. The first-order chi connectivity index (χ1) is 7.60. The first-order valence-electron chi connectivity index (χ1n) is 5.23. The summed E-state index contributed by atoms with van der Waals surface area (Å²) in [4.78, 5) is 11.7. The van der Waals surface area contributed by atoms with E-state index in [1.165, 1.54) is 0 Å². The molecule has 1 aliphatic rings. The fraction of sp³-hybridized carbons (Fsp3) is 0.417. The molecule has 0 spiro atoms. The van der Waals surface area contributed by atoms with Crippen LogP contribution in [0.15, 0.2) is 18.2 Å². The first-order valence-corrected chi connectivity index (χ1v) is 5.23. The average molecular weight is 226 g/mol. The van der Waals surface area contributed by atoms with Crippen molar-refractivity contribution in [2.45, 2.75) is 25.2 Å². The maximum Gasteiger partial charge on any atom is 0.316 e. The minimum absolute atomic E-state index is 0.117. The zero-order chi connectivity index (χ0) is 11.8. The molecule has 0 aliphatic heterocycles. The molecule has 1 aliphatic carbocycles. The van der Waals surface area contributed by atoms with Crippen molar-refractivity contribution in [3.8, 4) is 0 Å². The van der Waals surface area contributed by atoms with Crippen LogP contribution >= 0.6 is 0 Å². The van der Waals surface area contributed by atoms with Crippen LogP contribution in [0.1, 0.15) is 25.3 Å². The molecule has 0 radical (unpaired) electrons. The number of carbonyl (C=O) groups excluding carboxylic acids is 1. The van der Waals surface area contributed by atoms with Gasteiger partial charge in [0.05, 0.1) is 12.0 Å². The van der Waals surface area contributed by atoms with Gasteiger partial charge in [-0.25, -0.2) is 8.78 Å². The largest absolute Gasteiger partial charge is 0.465 e. The van der Waals surface area contributed by atoms with E-state index in [4.69, 9.17) is 4.74 Å². The maximum absolute atomic E-state index is 13.5. The number of halogens is 2. The monoisotopic (exact) mass is 226 g/mol. The lowest BCUT2D eigenvalue weighted by Crippen LogP contribution is -2.24.